The molecule has 0 spiro atoms. The van der Waals surface area contributed by atoms with E-state index in [-0.39, 0.29) is 22.8 Å². The zero-order chi connectivity index (χ0) is 18.3. The fraction of sp³-hybridized carbons (Fsp3) is 0.176. The lowest BCUT2D eigenvalue weighted by Gasteiger charge is -2.05. The van der Waals surface area contributed by atoms with Crippen LogP contribution in [-0.2, 0) is 0 Å². The van der Waals surface area contributed by atoms with Crippen LogP contribution in [0.15, 0.2) is 30.3 Å². The number of aromatic carboxylic acids is 1. The van der Waals surface area contributed by atoms with Crippen LogP contribution in [0.5, 0.6) is 23.0 Å². The minimum absolute atomic E-state index is 0.0671. The lowest BCUT2D eigenvalue weighted by Crippen LogP contribution is -1.96. The first-order chi connectivity index (χ1) is 11.3. The molecule has 0 atom stereocenters. The van der Waals surface area contributed by atoms with Gasteiger partial charge in [0.15, 0.2) is 23.0 Å². The van der Waals surface area contributed by atoms with Crippen LogP contribution >= 0.6 is 0 Å². The summed E-state index contributed by atoms with van der Waals surface area (Å²) in [5, 5.41) is 27.0. The lowest BCUT2D eigenvalue weighted by atomic mass is 10.1. The number of aryl methyl sites for hydroxylation is 1. The van der Waals surface area contributed by atoms with Crippen molar-refractivity contribution in [2.45, 2.75) is 6.92 Å². The van der Waals surface area contributed by atoms with E-state index in [0.29, 0.717) is 16.9 Å². The van der Waals surface area contributed by atoms with Crippen molar-refractivity contribution in [1.82, 2.24) is 0 Å². The monoisotopic (exact) mass is 334 g/mol. The Labute approximate surface area is 138 Å². The predicted octanol–water partition coefficient (Wildman–Crippen LogP) is 2.62. The van der Waals surface area contributed by atoms with Crippen molar-refractivity contribution < 1.29 is 34.4 Å². The second-order valence-electron chi connectivity index (χ2n) is 4.70. The van der Waals surface area contributed by atoms with Gasteiger partial charge < -0.3 is 24.8 Å². The first-order valence-corrected chi connectivity index (χ1v) is 6.77. The number of phenols is 2. The molecule has 0 saturated heterocycles. The molecular weight excluding hydrogens is 316 g/mol. The van der Waals surface area contributed by atoms with Crippen molar-refractivity contribution in [1.29, 1.82) is 0 Å². The molecule has 128 valence electrons. The molecule has 7 heteroatoms. The third-order valence-electron chi connectivity index (χ3n) is 3.07. The fourth-order valence-corrected chi connectivity index (χ4v) is 1.81. The summed E-state index contributed by atoms with van der Waals surface area (Å²) in [6, 6.07) is 6.94. The van der Waals surface area contributed by atoms with E-state index in [1.54, 1.807) is 13.0 Å². The Kier molecular flexibility index (Phi) is 6.61. The second kappa shape index (κ2) is 8.42. The number of ether oxygens (including phenoxy) is 2. The Morgan fingerprint density at radius 2 is 1.67 bits per heavy atom. The lowest BCUT2D eigenvalue weighted by molar-refractivity contribution is 0.0696. The van der Waals surface area contributed by atoms with Crippen molar-refractivity contribution in [3.63, 3.8) is 0 Å². The molecule has 0 aliphatic carbocycles. The van der Waals surface area contributed by atoms with E-state index >= 15 is 0 Å². The summed E-state index contributed by atoms with van der Waals surface area (Å²) in [6.07, 6.45) is 0.717. The maximum Gasteiger partial charge on any atom is 0.335 e. The minimum atomic E-state index is -1.05. The van der Waals surface area contributed by atoms with Gasteiger partial charge in [0.2, 0.25) is 0 Å². The molecule has 2 aromatic carbocycles. The average Bonchev–Trinajstić information content (AvgIpc) is 2.58. The Morgan fingerprint density at radius 1 is 1.04 bits per heavy atom. The van der Waals surface area contributed by atoms with Gasteiger partial charge >= 0.3 is 5.97 Å². The Bertz CT molecular complexity index is 738. The van der Waals surface area contributed by atoms with Crippen LogP contribution in [0, 0.1) is 6.92 Å². The molecule has 2 aromatic rings. The Hall–Kier alpha value is -3.22. The highest BCUT2D eigenvalue weighted by Crippen LogP contribution is 2.30. The molecule has 0 amide bonds. The number of hydrogen-bond acceptors (Lipinski definition) is 6. The van der Waals surface area contributed by atoms with Gasteiger partial charge in [0.1, 0.15) is 6.29 Å². The smallest absolute Gasteiger partial charge is 0.335 e. The topological polar surface area (TPSA) is 113 Å². The summed E-state index contributed by atoms with van der Waals surface area (Å²) < 4.78 is 9.58. The molecule has 0 saturated carbocycles. The standard InChI is InChI=1S/C9H10O3.C8H8O4/c1-6-3-7(5-10)4-8(12-2)9(6)11;1-12-7-4-5(8(10)11)2-3-6(7)9/h3-5,11H,1-2H3;2-4,9H,1H3,(H,10,11). The highest BCUT2D eigenvalue weighted by molar-refractivity contribution is 5.88. The van der Waals surface area contributed by atoms with E-state index in [9.17, 15) is 14.7 Å². The first-order valence-electron chi connectivity index (χ1n) is 6.77. The normalized spacial score (nSPS) is 9.46. The van der Waals surface area contributed by atoms with E-state index in [1.807, 2.05) is 0 Å². The fourth-order valence-electron chi connectivity index (χ4n) is 1.81. The van der Waals surface area contributed by atoms with E-state index < -0.39 is 5.97 Å². The first kappa shape index (κ1) is 18.8. The highest BCUT2D eigenvalue weighted by atomic mass is 16.5. The van der Waals surface area contributed by atoms with Crippen LogP contribution < -0.4 is 9.47 Å². The van der Waals surface area contributed by atoms with E-state index in [4.69, 9.17) is 19.7 Å². The van der Waals surface area contributed by atoms with Gasteiger partial charge in [-0.3, -0.25) is 4.79 Å². The second-order valence-corrected chi connectivity index (χ2v) is 4.70. The summed E-state index contributed by atoms with van der Waals surface area (Å²) >= 11 is 0. The summed E-state index contributed by atoms with van der Waals surface area (Å²) in [5.41, 5.74) is 1.23. The van der Waals surface area contributed by atoms with E-state index in [1.165, 1.54) is 38.5 Å². The number of carboxylic acids is 1. The SMILES string of the molecule is COc1cc(C(=O)O)ccc1O.COc1cc(C=O)cc(C)c1O. The van der Waals surface area contributed by atoms with Crippen LogP contribution in [0.25, 0.3) is 0 Å². The number of hydrogen-bond donors (Lipinski definition) is 3. The maximum absolute atomic E-state index is 10.4. The van der Waals surface area contributed by atoms with Crippen LogP contribution in [0.4, 0.5) is 0 Å². The van der Waals surface area contributed by atoms with Crippen molar-refractivity contribution in [2.24, 2.45) is 0 Å². The summed E-state index contributed by atoms with van der Waals surface area (Å²) in [7, 11) is 2.81. The van der Waals surface area contributed by atoms with Gasteiger partial charge in [-0.1, -0.05) is 0 Å². The van der Waals surface area contributed by atoms with E-state index in [0.717, 1.165) is 6.29 Å². The largest absolute Gasteiger partial charge is 0.504 e. The molecule has 0 aliphatic heterocycles. The van der Waals surface area contributed by atoms with Gasteiger partial charge in [-0.05, 0) is 42.8 Å². The van der Waals surface area contributed by atoms with Crippen LogP contribution in [0.1, 0.15) is 26.3 Å². The summed E-state index contributed by atoms with van der Waals surface area (Å²) in [5.74, 6) is -0.536. The van der Waals surface area contributed by atoms with Crippen molar-refractivity contribution in [3.05, 3.63) is 47.0 Å². The minimum Gasteiger partial charge on any atom is -0.504 e. The Morgan fingerprint density at radius 3 is 2.17 bits per heavy atom. The van der Waals surface area contributed by atoms with Crippen LogP contribution in [-0.4, -0.2) is 41.8 Å². The summed E-state index contributed by atoms with van der Waals surface area (Å²) in [6.45, 7) is 1.71. The molecule has 0 fully saturated rings. The average molecular weight is 334 g/mol. The molecular formula is C17H18O7. The maximum atomic E-state index is 10.4. The van der Waals surface area contributed by atoms with Gasteiger partial charge in [-0.25, -0.2) is 4.79 Å². The predicted molar refractivity (Wildman–Crippen MR) is 86.4 cm³/mol. The van der Waals surface area contributed by atoms with Gasteiger partial charge in [0.25, 0.3) is 0 Å². The van der Waals surface area contributed by atoms with Crippen molar-refractivity contribution in [2.75, 3.05) is 14.2 Å². The third-order valence-corrected chi connectivity index (χ3v) is 3.07. The quantitative estimate of drug-likeness (QED) is 0.736. The number of rotatable bonds is 4. The number of aldehydes is 1. The van der Waals surface area contributed by atoms with Crippen molar-refractivity contribution in [3.8, 4) is 23.0 Å². The third kappa shape index (κ3) is 4.64. The van der Waals surface area contributed by atoms with Gasteiger partial charge in [0, 0.05) is 5.56 Å². The molecule has 0 unspecified atom stereocenters. The molecule has 7 nitrogen and oxygen atoms in total. The molecule has 2 rings (SSSR count). The molecule has 3 N–H and O–H groups in total. The number of methoxy groups -OCH3 is 2. The van der Waals surface area contributed by atoms with Crippen LogP contribution in [0.2, 0.25) is 0 Å². The Balaban J connectivity index is 0.000000240. The highest BCUT2D eigenvalue weighted by Gasteiger charge is 2.07. The molecule has 0 heterocycles. The number of carbonyl (C=O) groups excluding carboxylic acids is 1. The molecule has 0 aromatic heterocycles. The van der Waals surface area contributed by atoms with E-state index in [2.05, 4.69) is 0 Å². The molecule has 0 bridgehead atoms. The van der Waals surface area contributed by atoms with Gasteiger partial charge in [-0.15, -0.1) is 0 Å². The number of phenolic OH excluding ortho intramolecular Hbond substituents is 2. The van der Waals surface area contributed by atoms with Crippen LogP contribution in [0.3, 0.4) is 0 Å². The summed E-state index contributed by atoms with van der Waals surface area (Å²) in [4.78, 5) is 20.8. The van der Waals surface area contributed by atoms with Gasteiger partial charge in [0.05, 0.1) is 19.8 Å². The number of carboxylic acid groups (broad SMARTS) is 1. The zero-order valence-corrected chi connectivity index (χ0v) is 13.4. The van der Waals surface area contributed by atoms with Gasteiger partial charge in [-0.2, -0.15) is 0 Å². The van der Waals surface area contributed by atoms with Crippen molar-refractivity contribution >= 4 is 12.3 Å². The number of aromatic hydroxyl groups is 2. The molecule has 0 radical (unpaired) electrons. The number of carbonyl (C=O) groups is 2. The molecule has 0 aliphatic rings. The molecule has 24 heavy (non-hydrogen) atoms. The number of benzene rings is 2. The zero-order valence-electron chi connectivity index (χ0n) is 13.4.